The number of hydrogen-bond acceptors (Lipinski definition) is 6. The first-order chi connectivity index (χ1) is 16.5. The summed E-state index contributed by atoms with van der Waals surface area (Å²) in [6.45, 7) is 4.49. The number of hydrogen-bond donors (Lipinski definition) is 1. The van der Waals surface area contributed by atoms with Gasteiger partial charge in [0.05, 0.1) is 6.26 Å². The van der Waals surface area contributed by atoms with E-state index in [1.165, 1.54) is 12.1 Å². The van der Waals surface area contributed by atoms with Gasteiger partial charge >= 0.3 is 0 Å². The zero-order valence-corrected chi connectivity index (χ0v) is 22.1. The lowest BCUT2D eigenvalue weighted by atomic mass is 10.1. The molecule has 190 valence electrons. The molecule has 2 amide bonds. The summed E-state index contributed by atoms with van der Waals surface area (Å²) in [4.78, 5) is 28.8. The number of nitrogens with one attached hydrogen (secondary N) is 1. The van der Waals surface area contributed by atoms with Gasteiger partial charge in [0, 0.05) is 43.1 Å². The second-order valence-corrected chi connectivity index (χ2v) is 11.3. The predicted molar refractivity (Wildman–Crippen MR) is 134 cm³/mol. The van der Waals surface area contributed by atoms with Gasteiger partial charge in [-0.15, -0.1) is 0 Å². The van der Waals surface area contributed by atoms with E-state index in [1.54, 1.807) is 35.2 Å². The molecule has 2 aromatic rings. The number of ether oxygens (including phenoxy) is 1. The molecular weight excluding hydrogens is 541 g/mol. The monoisotopic (exact) mass is 569 g/mol. The maximum Gasteiger partial charge on any atom is 0.260 e. The summed E-state index contributed by atoms with van der Waals surface area (Å²) in [5.74, 6) is -0.538. The first kappa shape index (κ1) is 27.1. The number of carbonyl (C=O) groups excluding carboxylic acids is 2. The average Bonchev–Trinajstić information content (AvgIpc) is 2.77. The molecule has 0 aromatic heterocycles. The fourth-order valence-corrected chi connectivity index (χ4v) is 4.93. The van der Waals surface area contributed by atoms with Crippen LogP contribution in [0, 0.1) is 5.82 Å². The van der Waals surface area contributed by atoms with Crippen LogP contribution in [0.2, 0.25) is 0 Å². The van der Waals surface area contributed by atoms with Gasteiger partial charge in [0.2, 0.25) is 15.9 Å². The summed E-state index contributed by atoms with van der Waals surface area (Å²) in [5.41, 5.74) is 1.71. The Morgan fingerprint density at radius 1 is 1.17 bits per heavy atom. The van der Waals surface area contributed by atoms with Crippen molar-refractivity contribution < 1.29 is 27.1 Å². The van der Waals surface area contributed by atoms with E-state index >= 15 is 0 Å². The van der Waals surface area contributed by atoms with Crippen LogP contribution in [-0.2, 0) is 32.6 Å². The van der Waals surface area contributed by atoms with Crippen LogP contribution in [0.1, 0.15) is 24.5 Å². The highest BCUT2D eigenvalue weighted by atomic mass is 79.9. The number of aryl methyl sites for hydroxylation is 1. The van der Waals surface area contributed by atoms with E-state index in [9.17, 15) is 22.4 Å². The molecule has 1 aliphatic rings. The molecular formula is C24H29BrFN3O5S. The number of piperazine rings is 1. The number of amides is 2. The normalized spacial score (nSPS) is 16.7. The van der Waals surface area contributed by atoms with Gasteiger partial charge in [-0.25, -0.2) is 12.8 Å². The summed E-state index contributed by atoms with van der Waals surface area (Å²) in [7, 11) is -3.62. The highest BCUT2D eigenvalue weighted by Gasteiger charge is 2.27. The van der Waals surface area contributed by atoms with Crippen molar-refractivity contribution in [3.63, 3.8) is 0 Å². The number of sulfonamides is 1. The largest absolute Gasteiger partial charge is 0.483 e. The summed E-state index contributed by atoms with van der Waals surface area (Å²) < 4.78 is 44.1. The third-order valence-electron chi connectivity index (χ3n) is 5.65. The fraction of sp³-hybridized carbons (Fsp3) is 0.417. The molecule has 1 aliphatic heterocycles. The molecule has 0 aliphatic carbocycles. The molecule has 2 aromatic carbocycles. The molecule has 8 nitrogen and oxygen atoms in total. The van der Waals surface area contributed by atoms with Gasteiger partial charge in [-0.05, 0) is 54.8 Å². The molecule has 0 unspecified atom stereocenters. The van der Waals surface area contributed by atoms with Crippen molar-refractivity contribution in [2.24, 2.45) is 0 Å². The van der Waals surface area contributed by atoms with E-state index < -0.39 is 15.9 Å². The Hall–Kier alpha value is -2.50. The van der Waals surface area contributed by atoms with Crippen molar-refractivity contribution in [3.8, 4) is 5.75 Å². The van der Waals surface area contributed by atoms with Crippen LogP contribution in [0.25, 0.3) is 0 Å². The van der Waals surface area contributed by atoms with Gasteiger partial charge in [0.15, 0.2) is 6.61 Å². The third-order valence-corrected chi connectivity index (χ3v) is 6.74. The van der Waals surface area contributed by atoms with Crippen molar-refractivity contribution in [2.75, 3.05) is 32.5 Å². The maximum absolute atomic E-state index is 13.1. The molecule has 11 heteroatoms. The minimum Gasteiger partial charge on any atom is -0.483 e. The lowest BCUT2D eigenvalue weighted by molar-refractivity contribution is -0.138. The molecule has 35 heavy (non-hydrogen) atoms. The Labute approximate surface area is 213 Å². The maximum atomic E-state index is 13.1. The topological polar surface area (TPSA) is 96.0 Å². The molecule has 1 saturated heterocycles. The van der Waals surface area contributed by atoms with Crippen molar-refractivity contribution in [2.45, 2.75) is 32.4 Å². The molecule has 1 N–H and O–H groups in total. The molecule has 1 heterocycles. The highest BCUT2D eigenvalue weighted by Crippen LogP contribution is 2.25. The molecule has 1 atom stereocenters. The standard InChI is InChI=1S/C24H29BrFN3O5S/c1-17-14-28(15-18-3-7-21(26)8-4-18)11-12-29(17)24(31)16-34-22-9-6-20(25)13-19(22)5-10-23(30)27-35(2,32)33/h3-4,6-9,13,17H,5,10-12,14-16H2,1-2H3,(H,27,30)/t17-/m1/s1. The first-order valence-electron chi connectivity index (χ1n) is 11.2. The van der Waals surface area contributed by atoms with Gasteiger partial charge in [-0.3, -0.25) is 19.2 Å². The van der Waals surface area contributed by atoms with Gasteiger partial charge in [0.25, 0.3) is 5.91 Å². The van der Waals surface area contributed by atoms with E-state index in [0.29, 0.717) is 37.5 Å². The molecule has 0 radical (unpaired) electrons. The Morgan fingerprint density at radius 3 is 2.54 bits per heavy atom. The van der Waals surface area contributed by atoms with Crippen LogP contribution in [-0.4, -0.2) is 68.6 Å². The minimum absolute atomic E-state index is 0.00984. The first-order valence-corrected chi connectivity index (χ1v) is 13.9. The van der Waals surface area contributed by atoms with Crippen LogP contribution >= 0.6 is 15.9 Å². The molecule has 1 fully saturated rings. The van der Waals surface area contributed by atoms with E-state index in [0.717, 1.165) is 16.3 Å². The van der Waals surface area contributed by atoms with E-state index in [2.05, 4.69) is 20.8 Å². The van der Waals surface area contributed by atoms with Crippen molar-refractivity contribution >= 4 is 37.8 Å². The Kier molecular flexibility index (Phi) is 9.26. The van der Waals surface area contributed by atoms with Crippen LogP contribution < -0.4 is 9.46 Å². The van der Waals surface area contributed by atoms with E-state index in [4.69, 9.17) is 4.74 Å². The van der Waals surface area contributed by atoms with Crippen molar-refractivity contribution in [1.29, 1.82) is 0 Å². The van der Waals surface area contributed by atoms with E-state index in [-0.39, 0.29) is 37.2 Å². The van der Waals surface area contributed by atoms with Gasteiger partial charge in [0.1, 0.15) is 11.6 Å². The molecule has 0 saturated carbocycles. The lowest BCUT2D eigenvalue weighted by Crippen LogP contribution is -2.54. The Balaban J connectivity index is 1.53. The molecule has 0 bridgehead atoms. The highest BCUT2D eigenvalue weighted by molar-refractivity contribution is 9.10. The smallest absolute Gasteiger partial charge is 0.260 e. The fourth-order valence-electron chi connectivity index (χ4n) is 4.01. The van der Waals surface area contributed by atoms with Crippen LogP contribution in [0.3, 0.4) is 0 Å². The van der Waals surface area contributed by atoms with Crippen molar-refractivity contribution in [1.82, 2.24) is 14.5 Å². The summed E-state index contributed by atoms with van der Waals surface area (Å²) in [6, 6.07) is 11.7. The van der Waals surface area contributed by atoms with Crippen LogP contribution in [0.5, 0.6) is 5.75 Å². The van der Waals surface area contributed by atoms with Gasteiger partial charge in [-0.2, -0.15) is 0 Å². The second kappa shape index (κ2) is 12.0. The number of benzene rings is 2. The molecule has 0 spiro atoms. The van der Waals surface area contributed by atoms with E-state index in [1.807, 2.05) is 11.6 Å². The predicted octanol–water partition coefficient (Wildman–Crippen LogP) is 2.71. The van der Waals surface area contributed by atoms with Crippen LogP contribution in [0.4, 0.5) is 4.39 Å². The zero-order chi connectivity index (χ0) is 25.6. The van der Waals surface area contributed by atoms with Gasteiger partial charge < -0.3 is 9.64 Å². The lowest BCUT2D eigenvalue weighted by Gasteiger charge is -2.39. The Bertz CT molecular complexity index is 1160. The minimum atomic E-state index is -3.62. The average molecular weight is 570 g/mol. The van der Waals surface area contributed by atoms with Crippen LogP contribution in [0.15, 0.2) is 46.9 Å². The van der Waals surface area contributed by atoms with Crippen molar-refractivity contribution in [3.05, 3.63) is 63.9 Å². The molecule has 3 rings (SSSR count). The summed E-state index contributed by atoms with van der Waals surface area (Å²) in [6.07, 6.45) is 1.14. The summed E-state index contributed by atoms with van der Waals surface area (Å²) in [5, 5.41) is 0. The SMILES string of the molecule is C[C@@H]1CN(Cc2ccc(F)cc2)CCN1C(=O)COc1ccc(Br)cc1CCC(=O)NS(C)(=O)=O. The zero-order valence-electron chi connectivity index (χ0n) is 19.7. The number of nitrogens with zero attached hydrogens (tertiary/aromatic N) is 2. The third kappa shape index (κ3) is 8.59. The second-order valence-electron chi connectivity index (χ2n) is 8.64. The van der Waals surface area contributed by atoms with Gasteiger partial charge in [-0.1, -0.05) is 28.1 Å². The number of rotatable bonds is 9. The quantitative estimate of drug-likeness (QED) is 0.499. The number of halogens is 2. The Morgan fingerprint density at radius 2 is 1.89 bits per heavy atom. The number of carbonyl (C=O) groups is 2. The summed E-state index contributed by atoms with van der Waals surface area (Å²) >= 11 is 3.39.